The Labute approximate surface area is 233 Å². The van der Waals surface area contributed by atoms with E-state index in [2.05, 4.69) is 17.6 Å². The molecule has 2 aromatic carbocycles. The molecular weight excluding hydrogens is 494 g/mol. The first-order chi connectivity index (χ1) is 18.4. The maximum Gasteiger partial charge on any atom is 0.408 e. The number of benzene rings is 2. The molecule has 3 N–H and O–H groups in total. The Kier molecular flexibility index (Phi) is 11.8. The largest absolute Gasteiger partial charge is 0.508 e. The summed E-state index contributed by atoms with van der Waals surface area (Å²) < 4.78 is 5.47. The van der Waals surface area contributed by atoms with Gasteiger partial charge in [-0.25, -0.2) is 4.79 Å². The highest BCUT2D eigenvalue weighted by Gasteiger charge is 2.36. The summed E-state index contributed by atoms with van der Waals surface area (Å²) in [6, 6.07) is 10.5. The summed E-state index contributed by atoms with van der Waals surface area (Å²) >= 11 is 0. The van der Waals surface area contributed by atoms with Crippen molar-refractivity contribution in [2.75, 3.05) is 13.1 Å². The Morgan fingerprint density at radius 2 is 1.67 bits per heavy atom. The minimum atomic E-state index is -0.993. The van der Waals surface area contributed by atoms with Crippen LogP contribution in [-0.2, 0) is 20.7 Å². The van der Waals surface area contributed by atoms with Gasteiger partial charge in [-0.15, -0.1) is 0 Å². The van der Waals surface area contributed by atoms with Crippen LogP contribution in [0.15, 0.2) is 42.5 Å². The summed E-state index contributed by atoms with van der Waals surface area (Å²) in [5, 5.41) is 15.5. The second kappa shape index (κ2) is 14.6. The van der Waals surface area contributed by atoms with Gasteiger partial charge in [0.25, 0.3) is 0 Å². The Morgan fingerprint density at radius 1 is 1.00 bits per heavy atom. The minimum absolute atomic E-state index is 0.105. The van der Waals surface area contributed by atoms with Crippen LogP contribution in [0, 0.1) is 13.8 Å². The normalized spacial score (nSPS) is 12.8. The summed E-state index contributed by atoms with van der Waals surface area (Å²) in [5.41, 5.74) is 2.72. The Bertz CT molecular complexity index is 1110. The predicted octanol–water partition coefficient (Wildman–Crippen LogP) is 5.34. The van der Waals surface area contributed by atoms with Crippen molar-refractivity contribution >= 4 is 17.9 Å². The lowest BCUT2D eigenvalue weighted by Crippen LogP contribution is -2.54. The van der Waals surface area contributed by atoms with E-state index in [-0.39, 0.29) is 24.0 Å². The molecule has 39 heavy (non-hydrogen) atoms. The van der Waals surface area contributed by atoms with E-state index in [0.29, 0.717) is 19.5 Å². The molecule has 3 amide bonds. The smallest absolute Gasteiger partial charge is 0.408 e. The fraction of sp³-hybridized carbons (Fsp3) is 0.516. The number of phenols is 1. The first-order valence-corrected chi connectivity index (χ1v) is 13.8. The maximum absolute atomic E-state index is 14.3. The van der Waals surface area contributed by atoms with E-state index in [1.165, 1.54) is 12.1 Å². The topological polar surface area (TPSA) is 108 Å². The molecule has 214 valence electrons. The van der Waals surface area contributed by atoms with Gasteiger partial charge in [0.1, 0.15) is 23.4 Å². The van der Waals surface area contributed by atoms with Crippen molar-refractivity contribution in [1.82, 2.24) is 15.5 Å². The number of hydrogen-bond acceptors (Lipinski definition) is 5. The molecule has 0 fully saturated rings. The molecular formula is C31H45N3O5. The first kappa shape index (κ1) is 31.7. The van der Waals surface area contributed by atoms with E-state index in [4.69, 9.17) is 4.74 Å². The lowest BCUT2D eigenvalue weighted by atomic mass is 9.95. The molecule has 0 radical (unpaired) electrons. The number of carbonyl (C=O) groups excluding carboxylic acids is 3. The van der Waals surface area contributed by atoms with Gasteiger partial charge in [0.05, 0.1) is 0 Å². The fourth-order valence-electron chi connectivity index (χ4n) is 4.39. The van der Waals surface area contributed by atoms with Crippen molar-refractivity contribution in [1.29, 1.82) is 0 Å². The zero-order valence-electron chi connectivity index (χ0n) is 24.5. The van der Waals surface area contributed by atoms with Crippen LogP contribution >= 0.6 is 0 Å². The molecule has 8 heteroatoms. The first-order valence-electron chi connectivity index (χ1n) is 13.8. The van der Waals surface area contributed by atoms with E-state index in [0.717, 1.165) is 35.1 Å². The standard InChI is InChI=1S/C31H45N3O5/c1-8-10-17-32-28(36)27(25-16-11-21(3)19-22(25)4)34(18-9-2)29(37)26(33-30(38)39-31(5,6)7)20-23-12-14-24(35)15-13-23/h11-16,19,26-27,35H,8-10,17-18,20H2,1-7H3,(H,32,36)(H,33,38). The molecule has 0 aliphatic rings. The minimum Gasteiger partial charge on any atom is -0.508 e. The lowest BCUT2D eigenvalue weighted by molar-refractivity contribution is -0.142. The predicted molar refractivity (Wildman–Crippen MR) is 154 cm³/mol. The number of phenolic OH excluding ortho intramolecular Hbond substituents is 1. The van der Waals surface area contributed by atoms with E-state index in [1.807, 2.05) is 39.0 Å². The third-order valence-corrected chi connectivity index (χ3v) is 6.22. The molecule has 2 atom stereocenters. The van der Waals surface area contributed by atoms with Crippen LogP contribution in [0.4, 0.5) is 4.79 Å². The second-order valence-corrected chi connectivity index (χ2v) is 11.0. The van der Waals surface area contributed by atoms with E-state index in [9.17, 15) is 19.5 Å². The number of carbonyl (C=O) groups is 3. The monoisotopic (exact) mass is 539 g/mol. The average Bonchev–Trinajstić information content (AvgIpc) is 2.84. The number of hydrogen-bond donors (Lipinski definition) is 3. The quantitative estimate of drug-likeness (QED) is 0.316. The van der Waals surface area contributed by atoms with Crippen LogP contribution in [0.3, 0.4) is 0 Å². The highest BCUT2D eigenvalue weighted by Crippen LogP contribution is 2.27. The molecule has 8 nitrogen and oxygen atoms in total. The molecule has 2 aromatic rings. The van der Waals surface area contributed by atoms with Crippen molar-refractivity contribution in [3.63, 3.8) is 0 Å². The SMILES string of the molecule is CCCCNC(=O)C(c1ccc(C)cc1C)N(CCC)C(=O)C(Cc1ccc(O)cc1)NC(=O)OC(C)(C)C. The second-order valence-electron chi connectivity index (χ2n) is 11.0. The average molecular weight is 540 g/mol. The fourth-order valence-corrected chi connectivity index (χ4v) is 4.39. The van der Waals surface area contributed by atoms with Crippen LogP contribution in [-0.4, -0.2) is 52.6 Å². The molecule has 0 saturated heterocycles. The summed E-state index contributed by atoms with van der Waals surface area (Å²) in [7, 11) is 0. The van der Waals surface area contributed by atoms with Gasteiger partial charge in [-0.05, 0) is 76.3 Å². The van der Waals surface area contributed by atoms with E-state index in [1.54, 1.807) is 37.8 Å². The number of nitrogens with zero attached hydrogens (tertiary/aromatic N) is 1. The van der Waals surface area contributed by atoms with Crippen LogP contribution < -0.4 is 10.6 Å². The molecule has 2 unspecified atom stereocenters. The van der Waals surface area contributed by atoms with Gasteiger partial charge in [0, 0.05) is 19.5 Å². The number of rotatable bonds is 12. The van der Waals surface area contributed by atoms with Gasteiger partial charge in [0.15, 0.2) is 0 Å². The zero-order chi connectivity index (χ0) is 29.2. The molecule has 0 bridgehead atoms. The maximum atomic E-state index is 14.3. The molecule has 0 heterocycles. The van der Waals surface area contributed by atoms with E-state index < -0.39 is 23.8 Å². The molecule has 0 saturated carbocycles. The third-order valence-electron chi connectivity index (χ3n) is 6.22. The number of alkyl carbamates (subject to hydrolysis) is 1. The summed E-state index contributed by atoms with van der Waals surface area (Å²) in [6.07, 6.45) is 1.83. The number of nitrogens with one attached hydrogen (secondary N) is 2. The number of ether oxygens (including phenoxy) is 1. The lowest BCUT2D eigenvalue weighted by Gasteiger charge is -2.35. The molecule has 0 aromatic heterocycles. The van der Waals surface area contributed by atoms with Crippen molar-refractivity contribution in [2.24, 2.45) is 0 Å². The van der Waals surface area contributed by atoms with Gasteiger partial charge in [-0.3, -0.25) is 9.59 Å². The third kappa shape index (κ3) is 9.93. The van der Waals surface area contributed by atoms with Crippen molar-refractivity contribution < 1.29 is 24.2 Å². The number of aryl methyl sites for hydroxylation is 2. The Hall–Kier alpha value is -3.55. The van der Waals surface area contributed by atoms with Gasteiger partial charge in [-0.2, -0.15) is 0 Å². The molecule has 0 aliphatic carbocycles. The highest BCUT2D eigenvalue weighted by atomic mass is 16.6. The number of aromatic hydroxyl groups is 1. The van der Waals surface area contributed by atoms with Crippen molar-refractivity contribution in [2.45, 2.75) is 91.8 Å². The Balaban J connectivity index is 2.53. The number of unbranched alkanes of at least 4 members (excludes halogenated alkanes) is 1. The summed E-state index contributed by atoms with van der Waals surface area (Å²) in [6.45, 7) is 14.0. The van der Waals surface area contributed by atoms with Crippen LogP contribution in [0.5, 0.6) is 5.75 Å². The van der Waals surface area contributed by atoms with Gasteiger partial charge < -0.3 is 25.4 Å². The van der Waals surface area contributed by atoms with Gasteiger partial charge in [0.2, 0.25) is 11.8 Å². The van der Waals surface area contributed by atoms with Crippen molar-refractivity contribution in [3.05, 3.63) is 64.7 Å². The van der Waals surface area contributed by atoms with Gasteiger partial charge in [-0.1, -0.05) is 56.2 Å². The van der Waals surface area contributed by atoms with Crippen molar-refractivity contribution in [3.8, 4) is 5.75 Å². The Morgan fingerprint density at radius 3 is 2.23 bits per heavy atom. The summed E-state index contributed by atoms with van der Waals surface area (Å²) in [5.74, 6) is -0.530. The molecule has 2 rings (SSSR count). The van der Waals surface area contributed by atoms with Crippen LogP contribution in [0.2, 0.25) is 0 Å². The zero-order valence-corrected chi connectivity index (χ0v) is 24.5. The number of amides is 3. The van der Waals surface area contributed by atoms with Crippen LogP contribution in [0.1, 0.15) is 82.2 Å². The van der Waals surface area contributed by atoms with Gasteiger partial charge >= 0.3 is 6.09 Å². The summed E-state index contributed by atoms with van der Waals surface area (Å²) in [4.78, 5) is 42.3. The van der Waals surface area contributed by atoms with Crippen LogP contribution in [0.25, 0.3) is 0 Å². The highest BCUT2D eigenvalue weighted by molar-refractivity contribution is 5.92. The molecule has 0 aliphatic heterocycles. The van der Waals surface area contributed by atoms with E-state index >= 15 is 0 Å². The molecule has 0 spiro atoms.